The van der Waals surface area contributed by atoms with Crippen LogP contribution in [0.1, 0.15) is 40.5 Å². The largest absolute Gasteiger partial charge is 0.347 e. The maximum absolute atomic E-state index is 13.5. The normalized spacial score (nSPS) is 27.3. The molecule has 37 heavy (non-hydrogen) atoms. The molecule has 188 valence electrons. The van der Waals surface area contributed by atoms with Gasteiger partial charge in [0.05, 0.1) is 28.6 Å². The topological polar surface area (TPSA) is 108 Å². The van der Waals surface area contributed by atoms with Crippen LogP contribution in [0.5, 0.6) is 0 Å². The minimum absolute atomic E-state index is 0.141. The van der Waals surface area contributed by atoms with Gasteiger partial charge in [0, 0.05) is 73.9 Å². The molecule has 0 saturated carbocycles. The molecule has 2 N–H and O–H groups in total. The van der Waals surface area contributed by atoms with Crippen molar-refractivity contribution in [2.24, 2.45) is 12.8 Å². The van der Waals surface area contributed by atoms with Crippen LogP contribution >= 0.6 is 0 Å². The highest BCUT2D eigenvalue weighted by atomic mass is 19.1. The summed E-state index contributed by atoms with van der Waals surface area (Å²) < 4.78 is 87.8. The Morgan fingerprint density at radius 3 is 2.41 bits per heavy atom. The van der Waals surface area contributed by atoms with Crippen LogP contribution in [-0.4, -0.2) is 55.8 Å². The lowest BCUT2D eigenvalue weighted by molar-refractivity contribution is -0.589. The van der Waals surface area contributed by atoms with E-state index in [0.717, 1.165) is 11.9 Å². The fourth-order valence-corrected chi connectivity index (χ4v) is 4.10. The van der Waals surface area contributed by atoms with Gasteiger partial charge in [0.2, 0.25) is 11.8 Å². The minimum atomic E-state index is -3.26. The number of benzene rings is 1. The molecule has 1 fully saturated rings. The average Bonchev–Trinajstić information content (AvgIpc) is 3.59. The Morgan fingerprint density at radius 2 is 1.73 bits per heavy atom. The molecule has 5 heterocycles. The van der Waals surface area contributed by atoms with Gasteiger partial charge in [0.15, 0.2) is 12.5 Å². The highest BCUT2D eigenvalue weighted by molar-refractivity contribution is 5.48. The summed E-state index contributed by atoms with van der Waals surface area (Å²) in [6.45, 7) is -11.4. The maximum Gasteiger partial charge on any atom is 0.277 e. The molecule has 3 aromatic heterocycles. The molecule has 1 aromatic carbocycles. The second-order valence-electron chi connectivity index (χ2n) is 8.80. The molecule has 1 unspecified atom stereocenters. The van der Waals surface area contributed by atoms with Crippen molar-refractivity contribution in [3.8, 4) is 0 Å². The molecule has 0 bridgehead atoms. The van der Waals surface area contributed by atoms with E-state index in [1.165, 1.54) is 41.0 Å². The third kappa shape index (κ3) is 4.31. The van der Waals surface area contributed by atoms with Crippen LogP contribution in [0.3, 0.4) is 0 Å². The van der Waals surface area contributed by atoms with Gasteiger partial charge in [-0.1, -0.05) is 16.5 Å². The molecular weight excluding hydrogens is 471 g/mol. The zero-order chi connectivity index (χ0) is 32.7. The van der Waals surface area contributed by atoms with E-state index in [0.29, 0.717) is 16.0 Å². The summed E-state index contributed by atoms with van der Waals surface area (Å²) in [6, 6.07) is 5.45. The first-order chi connectivity index (χ1) is 20.9. The Morgan fingerprint density at radius 1 is 1.03 bits per heavy atom. The van der Waals surface area contributed by atoms with Crippen LogP contribution in [0.25, 0.3) is 6.08 Å². The van der Waals surface area contributed by atoms with Crippen molar-refractivity contribution < 1.29 is 19.7 Å². The van der Waals surface area contributed by atoms with Gasteiger partial charge in [-0.25, -0.2) is 19.3 Å². The van der Waals surface area contributed by atoms with E-state index in [1.807, 2.05) is 0 Å². The molecular formula is C26H28FN10+. The second kappa shape index (κ2) is 9.00. The first-order valence-corrected chi connectivity index (χ1v) is 11.3. The van der Waals surface area contributed by atoms with E-state index in [1.54, 1.807) is 43.3 Å². The standard InChI is InChI=1S/C26H28FN10/c1-26(28,20-3-5-22(27)6-4-20)21-13-29-25(30-14-21)36-9-7-35(8-10-36)24-23-11-18(16-37(23)33-17-31-24)19-12-32-34(2)15-19/h3-6,11-18H,7-10,28H2,1-2H3/q+1/t18?,26-/m1/s1/i7D2,8D2,9D2,10D2. The molecule has 11 heteroatoms. The van der Waals surface area contributed by atoms with Crippen LogP contribution in [0.4, 0.5) is 16.2 Å². The van der Waals surface area contributed by atoms with E-state index in [9.17, 15) is 4.39 Å². The Labute approximate surface area is 224 Å². The zero-order valence-electron chi connectivity index (χ0n) is 27.9. The number of hydrogen-bond acceptors (Lipinski definition) is 8. The third-order valence-electron chi connectivity index (χ3n) is 6.22. The van der Waals surface area contributed by atoms with Crippen molar-refractivity contribution >= 4 is 17.8 Å². The van der Waals surface area contributed by atoms with E-state index < -0.39 is 49.2 Å². The number of fused-ring (bicyclic) bond motifs is 1. The van der Waals surface area contributed by atoms with Gasteiger partial charge in [-0.15, -0.1) is 0 Å². The fraction of sp³-hybridized carbons (Fsp3) is 0.308. The molecule has 2 atom stereocenters. The molecule has 0 aliphatic carbocycles. The minimum Gasteiger partial charge on any atom is -0.347 e. The monoisotopic (exact) mass is 507 g/mol. The quantitative estimate of drug-likeness (QED) is 0.391. The number of nitrogens with two attached hydrogens (primary N) is 1. The number of hydrogen-bond donors (Lipinski definition) is 1. The molecule has 4 aromatic rings. The number of halogens is 1. The molecule has 1 saturated heterocycles. The van der Waals surface area contributed by atoms with Crippen LogP contribution in [0.15, 0.2) is 55.4 Å². The Balaban J connectivity index is 1.43. The van der Waals surface area contributed by atoms with Gasteiger partial charge in [0.25, 0.3) is 5.35 Å². The molecule has 2 aliphatic heterocycles. The maximum atomic E-state index is 13.5. The highest BCUT2D eigenvalue weighted by Crippen LogP contribution is 2.26. The van der Waals surface area contributed by atoms with Crippen molar-refractivity contribution in [3.05, 3.63) is 89.5 Å². The van der Waals surface area contributed by atoms with Gasteiger partial charge in [-0.05, 0) is 24.6 Å². The number of anilines is 2. The van der Waals surface area contributed by atoms with E-state index in [2.05, 4.69) is 25.1 Å². The molecule has 2 aliphatic rings. The second-order valence-corrected chi connectivity index (χ2v) is 8.80. The smallest absolute Gasteiger partial charge is 0.277 e. The molecule has 10 nitrogen and oxygen atoms in total. The van der Waals surface area contributed by atoms with Crippen LogP contribution in [-0.2, 0) is 12.6 Å². The van der Waals surface area contributed by atoms with Crippen LogP contribution in [0, 0.1) is 12.0 Å². The SMILES string of the molecule is [2H]C1([2H])N(c2ncc([C@](C)(N)c3ccc(F)cc3)cn2)C([2H])([2H])C([2H])([2H])N(c2ncn[n+]3c2=CC(c2cnn(C)c2)C=3)C1([2H])[2H]. The molecule has 0 spiro atoms. The lowest BCUT2D eigenvalue weighted by atomic mass is 9.87. The summed E-state index contributed by atoms with van der Waals surface area (Å²) in [5, 5.41) is 8.46. The summed E-state index contributed by atoms with van der Waals surface area (Å²) in [4.78, 5) is 13.0. The Bertz CT molecular complexity index is 1870. The van der Waals surface area contributed by atoms with Gasteiger partial charge in [-0.2, -0.15) is 5.10 Å². The van der Waals surface area contributed by atoms with Crippen molar-refractivity contribution in [2.75, 3.05) is 35.8 Å². The van der Waals surface area contributed by atoms with Crippen molar-refractivity contribution in [1.29, 1.82) is 0 Å². The first kappa shape index (κ1) is 15.8. The summed E-state index contributed by atoms with van der Waals surface area (Å²) in [6.07, 6.45) is 10.2. The predicted octanol–water partition coefficient (Wildman–Crippen LogP) is 0.563. The van der Waals surface area contributed by atoms with Gasteiger partial charge in [0.1, 0.15) is 5.82 Å². The summed E-state index contributed by atoms with van der Waals surface area (Å²) in [5.41, 5.74) is 6.86. The Hall–Kier alpha value is -4.25. The molecule has 6 rings (SSSR count). The average molecular weight is 508 g/mol. The summed E-state index contributed by atoms with van der Waals surface area (Å²) in [7, 11) is 1.74. The first-order valence-electron chi connectivity index (χ1n) is 15.3. The zero-order valence-corrected chi connectivity index (χ0v) is 19.9. The van der Waals surface area contributed by atoms with E-state index in [-0.39, 0.29) is 16.1 Å². The van der Waals surface area contributed by atoms with Crippen molar-refractivity contribution in [3.63, 3.8) is 0 Å². The predicted molar refractivity (Wildman–Crippen MR) is 135 cm³/mol. The molecule has 0 amide bonds. The number of aryl methyl sites for hydroxylation is 1. The fourth-order valence-electron chi connectivity index (χ4n) is 4.10. The number of aromatic nitrogens is 7. The van der Waals surface area contributed by atoms with Crippen LogP contribution in [0.2, 0.25) is 0 Å². The Kier molecular flexibility index (Phi) is 3.84. The third-order valence-corrected chi connectivity index (χ3v) is 6.22. The van der Waals surface area contributed by atoms with Crippen molar-refractivity contribution in [1.82, 2.24) is 29.8 Å². The summed E-state index contributed by atoms with van der Waals surface area (Å²) >= 11 is 0. The van der Waals surface area contributed by atoms with Crippen LogP contribution < -0.4 is 25.2 Å². The van der Waals surface area contributed by atoms with E-state index in [4.69, 9.17) is 16.7 Å². The lowest BCUT2D eigenvalue weighted by Crippen LogP contribution is -2.51. The van der Waals surface area contributed by atoms with Gasteiger partial charge in [-0.3, -0.25) is 4.68 Å². The van der Waals surface area contributed by atoms with Gasteiger partial charge >= 0.3 is 0 Å². The molecule has 0 radical (unpaired) electrons. The number of nitrogens with zero attached hydrogens (tertiary/aromatic N) is 9. The van der Waals surface area contributed by atoms with Crippen molar-refractivity contribution in [2.45, 2.75) is 18.4 Å². The van der Waals surface area contributed by atoms with Gasteiger partial charge < -0.3 is 15.5 Å². The highest BCUT2D eigenvalue weighted by Gasteiger charge is 2.29. The number of rotatable bonds is 5. The summed E-state index contributed by atoms with van der Waals surface area (Å²) in [5.74, 6) is -1.82. The van der Waals surface area contributed by atoms with E-state index >= 15 is 0 Å². The lowest BCUT2D eigenvalue weighted by Gasteiger charge is -2.35. The number of piperazine rings is 1.